The predicted molar refractivity (Wildman–Crippen MR) is 68.6 cm³/mol. The van der Waals surface area contributed by atoms with E-state index in [-0.39, 0.29) is 0 Å². The molecule has 17 heavy (non-hydrogen) atoms. The van der Waals surface area contributed by atoms with Gasteiger partial charge in [-0.25, -0.2) is 4.68 Å². The van der Waals surface area contributed by atoms with Crippen molar-refractivity contribution in [1.82, 2.24) is 9.78 Å². The summed E-state index contributed by atoms with van der Waals surface area (Å²) in [4.78, 5) is 10.8. The minimum atomic E-state index is 0.509. The van der Waals surface area contributed by atoms with E-state index >= 15 is 0 Å². The predicted octanol–water partition coefficient (Wildman–Crippen LogP) is 3.32. The molecule has 0 saturated heterocycles. The van der Waals surface area contributed by atoms with E-state index in [9.17, 15) is 4.79 Å². The number of carbonyl (C=O) groups is 1. The largest absolute Gasteiger partial charge is 0.296 e. The van der Waals surface area contributed by atoms with Gasteiger partial charge in [-0.15, -0.1) is 0 Å². The van der Waals surface area contributed by atoms with Crippen LogP contribution in [0.4, 0.5) is 0 Å². The zero-order valence-corrected chi connectivity index (χ0v) is 10.7. The molecule has 0 atom stereocenters. The molecule has 1 fully saturated rings. The van der Waals surface area contributed by atoms with E-state index in [4.69, 9.17) is 0 Å². The Labute approximate surface area is 108 Å². The number of nitrogens with zero attached hydrogens (tertiary/aromatic N) is 2. The van der Waals surface area contributed by atoms with E-state index < -0.39 is 0 Å². The third-order valence-corrected chi connectivity index (χ3v) is 3.47. The molecular weight excluding hydrogens is 280 g/mol. The van der Waals surface area contributed by atoms with Gasteiger partial charge >= 0.3 is 0 Å². The van der Waals surface area contributed by atoms with Crippen LogP contribution in [-0.4, -0.2) is 16.1 Å². The van der Waals surface area contributed by atoms with Gasteiger partial charge in [-0.2, -0.15) is 5.10 Å². The monoisotopic (exact) mass is 290 g/mol. The lowest BCUT2D eigenvalue weighted by molar-refractivity contribution is 0.111. The van der Waals surface area contributed by atoms with Gasteiger partial charge in [-0.05, 0) is 43.2 Å². The summed E-state index contributed by atoms with van der Waals surface area (Å²) < 4.78 is 2.92. The third-order valence-electron chi connectivity index (χ3n) is 2.94. The lowest BCUT2D eigenvalue weighted by Crippen LogP contribution is -2.01. The number of hydrogen-bond acceptors (Lipinski definition) is 2. The first kappa shape index (κ1) is 10.7. The molecule has 2 aromatic rings. The highest BCUT2D eigenvalue weighted by molar-refractivity contribution is 9.10. The fourth-order valence-corrected chi connectivity index (χ4v) is 2.20. The van der Waals surface area contributed by atoms with Crippen LogP contribution >= 0.6 is 15.9 Å². The molecule has 0 bridgehead atoms. The Bertz CT molecular complexity index is 555. The van der Waals surface area contributed by atoms with Gasteiger partial charge in [-0.1, -0.05) is 15.9 Å². The lowest BCUT2D eigenvalue weighted by Gasteiger charge is -2.06. The van der Waals surface area contributed by atoms with Crippen molar-refractivity contribution in [3.05, 3.63) is 46.2 Å². The SMILES string of the molecule is O=Cc1cc(C2CC2)n(-c2ccc(Br)cc2)n1. The molecule has 0 aliphatic heterocycles. The first-order valence-corrected chi connectivity index (χ1v) is 6.38. The molecule has 0 amide bonds. The maximum absolute atomic E-state index is 10.8. The number of halogens is 1. The fourth-order valence-electron chi connectivity index (χ4n) is 1.93. The summed E-state index contributed by atoms with van der Waals surface area (Å²) in [6, 6.07) is 9.85. The number of hydrogen-bond donors (Lipinski definition) is 0. The molecule has 1 saturated carbocycles. The minimum absolute atomic E-state index is 0.509. The molecule has 0 unspecified atom stereocenters. The lowest BCUT2D eigenvalue weighted by atomic mass is 10.2. The Kier molecular flexibility index (Phi) is 2.59. The van der Waals surface area contributed by atoms with Gasteiger partial charge in [0.2, 0.25) is 0 Å². The van der Waals surface area contributed by atoms with E-state index in [0.717, 1.165) is 22.1 Å². The first-order valence-electron chi connectivity index (χ1n) is 5.59. The topological polar surface area (TPSA) is 34.9 Å². The highest BCUT2D eigenvalue weighted by Gasteiger charge is 2.28. The van der Waals surface area contributed by atoms with E-state index in [0.29, 0.717) is 11.6 Å². The van der Waals surface area contributed by atoms with Crippen LogP contribution in [0.15, 0.2) is 34.8 Å². The molecule has 86 valence electrons. The second kappa shape index (κ2) is 4.11. The zero-order valence-electron chi connectivity index (χ0n) is 9.14. The van der Waals surface area contributed by atoms with Crippen molar-refractivity contribution >= 4 is 22.2 Å². The summed E-state index contributed by atoms with van der Waals surface area (Å²) >= 11 is 3.41. The average Bonchev–Trinajstić information content (AvgIpc) is 3.10. The van der Waals surface area contributed by atoms with Crippen molar-refractivity contribution in [1.29, 1.82) is 0 Å². The Morgan fingerprint density at radius 3 is 2.59 bits per heavy atom. The third kappa shape index (κ3) is 2.05. The van der Waals surface area contributed by atoms with Crippen LogP contribution < -0.4 is 0 Å². The van der Waals surface area contributed by atoms with Crippen molar-refractivity contribution in [2.24, 2.45) is 0 Å². The number of aromatic nitrogens is 2. The summed E-state index contributed by atoms with van der Waals surface area (Å²) in [6.45, 7) is 0. The molecule has 1 aliphatic rings. The van der Waals surface area contributed by atoms with E-state index in [1.165, 1.54) is 12.8 Å². The van der Waals surface area contributed by atoms with Crippen LogP contribution in [0.5, 0.6) is 0 Å². The molecule has 1 aromatic heterocycles. The highest BCUT2D eigenvalue weighted by atomic mass is 79.9. The van der Waals surface area contributed by atoms with E-state index in [1.807, 2.05) is 35.0 Å². The summed E-state index contributed by atoms with van der Waals surface area (Å²) in [5.74, 6) is 0.569. The second-order valence-electron chi connectivity index (χ2n) is 4.27. The molecule has 0 spiro atoms. The number of aldehydes is 1. The van der Waals surface area contributed by atoms with Crippen LogP contribution in [0.3, 0.4) is 0 Å². The van der Waals surface area contributed by atoms with E-state index in [1.54, 1.807) is 0 Å². The van der Waals surface area contributed by atoms with Crippen molar-refractivity contribution in [3.63, 3.8) is 0 Å². The van der Waals surface area contributed by atoms with Crippen molar-refractivity contribution in [2.45, 2.75) is 18.8 Å². The van der Waals surface area contributed by atoms with Gasteiger partial charge in [0.25, 0.3) is 0 Å². The van der Waals surface area contributed by atoms with Gasteiger partial charge in [0.1, 0.15) is 5.69 Å². The molecule has 3 rings (SSSR count). The number of carbonyl (C=O) groups excluding carboxylic acids is 1. The molecule has 3 nitrogen and oxygen atoms in total. The van der Waals surface area contributed by atoms with Crippen LogP contribution in [0, 0.1) is 0 Å². The van der Waals surface area contributed by atoms with Gasteiger partial charge in [0, 0.05) is 16.1 Å². The summed E-state index contributed by atoms with van der Waals surface area (Å²) in [6.07, 6.45) is 3.20. The van der Waals surface area contributed by atoms with Crippen molar-refractivity contribution in [3.8, 4) is 5.69 Å². The first-order chi connectivity index (χ1) is 8.28. The average molecular weight is 291 g/mol. The Hall–Kier alpha value is -1.42. The highest BCUT2D eigenvalue weighted by Crippen LogP contribution is 2.41. The van der Waals surface area contributed by atoms with E-state index in [2.05, 4.69) is 21.0 Å². The standard InChI is InChI=1S/C13H11BrN2O/c14-10-3-5-12(6-4-10)16-13(9-1-2-9)7-11(8-17)15-16/h3-9H,1-2H2. The van der Waals surface area contributed by atoms with Crippen LogP contribution in [0.25, 0.3) is 5.69 Å². The summed E-state index contributed by atoms with van der Waals surface area (Å²) in [7, 11) is 0. The Morgan fingerprint density at radius 1 is 1.29 bits per heavy atom. The molecule has 4 heteroatoms. The van der Waals surface area contributed by atoms with Crippen LogP contribution in [0.1, 0.15) is 34.9 Å². The quantitative estimate of drug-likeness (QED) is 0.813. The maximum Gasteiger partial charge on any atom is 0.170 e. The number of rotatable bonds is 3. The summed E-state index contributed by atoms with van der Waals surface area (Å²) in [5.41, 5.74) is 2.66. The molecule has 1 heterocycles. The molecule has 1 aliphatic carbocycles. The molecule has 1 aromatic carbocycles. The van der Waals surface area contributed by atoms with Crippen LogP contribution in [0.2, 0.25) is 0 Å². The van der Waals surface area contributed by atoms with Gasteiger partial charge in [0.15, 0.2) is 6.29 Å². The summed E-state index contributed by atoms with van der Waals surface area (Å²) in [5, 5.41) is 4.32. The van der Waals surface area contributed by atoms with Crippen molar-refractivity contribution in [2.75, 3.05) is 0 Å². The van der Waals surface area contributed by atoms with Crippen LogP contribution in [-0.2, 0) is 0 Å². The minimum Gasteiger partial charge on any atom is -0.296 e. The normalized spacial score (nSPS) is 14.9. The second-order valence-corrected chi connectivity index (χ2v) is 5.19. The molecular formula is C13H11BrN2O. The van der Waals surface area contributed by atoms with Gasteiger partial charge in [-0.3, -0.25) is 4.79 Å². The van der Waals surface area contributed by atoms with Gasteiger partial charge in [0.05, 0.1) is 5.69 Å². The fraction of sp³-hybridized carbons (Fsp3) is 0.231. The Balaban J connectivity index is 2.08. The zero-order chi connectivity index (χ0) is 11.8. The molecule has 0 radical (unpaired) electrons. The number of benzene rings is 1. The smallest absolute Gasteiger partial charge is 0.170 e. The Morgan fingerprint density at radius 2 is 2.00 bits per heavy atom. The maximum atomic E-state index is 10.8. The van der Waals surface area contributed by atoms with Crippen molar-refractivity contribution < 1.29 is 4.79 Å². The van der Waals surface area contributed by atoms with Gasteiger partial charge < -0.3 is 0 Å². The molecule has 0 N–H and O–H groups in total.